The van der Waals surface area contributed by atoms with Crippen LogP contribution in [0, 0.1) is 0 Å². The van der Waals surface area contributed by atoms with Crippen LogP contribution in [0.5, 0.6) is 0 Å². The predicted molar refractivity (Wildman–Crippen MR) is 93.4 cm³/mol. The molecule has 0 aliphatic heterocycles. The maximum atomic E-state index is 12.0. The van der Waals surface area contributed by atoms with Gasteiger partial charge in [0.25, 0.3) is 0 Å². The van der Waals surface area contributed by atoms with Crippen LogP contribution in [0.3, 0.4) is 0 Å². The van der Waals surface area contributed by atoms with Gasteiger partial charge in [0.05, 0.1) is 6.73 Å². The Hall–Kier alpha value is -1.67. The van der Waals surface area contributed by atoms with Crippen LogP contribution in [0.25, 0.3) is 0 Å². The van der Waals surface area contributed by atoms with Crippen molar-refractivity contribution < 1.29 is 4.74 Å². The van der Waals surface area contributed by atoms with Crippen molar-refractivity contribution in [3.8, 4) is 0 Å². The Labute approximate surface area is 142 Å². The van der Waals surface area contributed by atoms with E-state index in [1.165, 1.54) is 14.1 Å². The van der Waals surface area contributed by atoms with Crippen molar-refractivity contribution in [1.29, 1.82) is 0 Å². The Morgan fingerprint density at radius 3 is 2.12 bits per heavy atom. The summed E-state index contributed by atoms with van der Waals surface area (Å²) in [5, 5.41) is 3.22. The van der Waals surface area contributed by atoms with Gasteiger partial charge in [-0.2, -0.15) is 0 Å². The lowest BCUT2D eigenvalue weighted by Gasteiger charge is -2.09. The minimum Gasteiger partial charge on any atom is -0.366 e. The second-order valence-electron chi connectivity index (χ2n) is 5.94. The molecule has 0 fully saturated rings. The summed E-state index contributed by atoms with van der Waals surface area (Å²) in [5.41, 5.74) is -1.68. The van der Waals surface area contributed by atoms with E-state index >= 15 is 0 Å². The summed E-state index contributed by atoms with van der Waals surface area (Å²) >= 11 is 0. The molecule has 1 aromatic rings. The average Bonchev–Trinajstić information content (AvgIpc) is 2.58. The van der Waals surface area contributed by atoms with Crippen LogP contribution in [0.15, 0.2) is 14.4 Å². The first-order chi connectivity index (χ1) is 11.5. The molecule has 0 atom stereocenters. The number of nitrogens with zero attached hydrogens (tertiary/aromatic N) is 3. The second kappa shape index (κ2) is 11.0. The van der Waals surface area contributed by atoms with E-state index in [0.717, 1.165) is 65.4 Å². The van der Waals surface area contributed by atoms with Crippen molar-refractivity contribution in [3.63, 3.8) is 0 Å². The summed E-state index contributed by atoms with van der Waals surface area (Å²) < 4.78 is 8.45. The molecular formula is C16H30N4O4. The maximum absolute atomic E-state index is 12.0. The van der Waals surface area contributed by atoms with E-state index in [4.69, 9.17) is 4.74 Å². The van der Waals surface area contributed by atoms with E-state index in [9.17, 15) is 14.4 Å². The Bertz CT molecular complexity index is 619. The highest BCUT2D eigenvalue weighted by Gasteiger charge is 2.09. The molecule has 1 N–H and O–H groups in total. The number of nitrogens with one attached hydrogen (secondary N) is 1. The lowest BCUT2D eigenvalue weighted by Crippen LogP contribution is -2.52. The van der Waals surface area contributed by atoms with Crippen LogP contribution in [-0.2, 0) is 25.4 Å². The lowest BCUT2D eigenvalue weighted by atomic mass is 10.2. The average molecular weight is 342 g/mol. The monoisotopic (exact) mass is 342 g/mol. The van der Waals surface area contributed by atoms with E-state index in [-0.39, 0.29) is 0 Å². The first-order valence-corrected chi connectivity index (χ1v) is 8.66. The highest BCUT2D eigenvalue weighted by molar-refractivity contribution is 4.76. The molecule has 0 saturated carbocycles. The molecule has 0 aromatic carbocycles. The van der Waals surface area contributed by atoms with E-state index in [1.54, 1.807) is 0 Å². The first-order valence-electron chi connectivity index (χ1n) is 8.66. The highest BCUT2D eigenvalue weighted by atomic mass is 16.5. The van der Waals surface area contributed by atoms with E-state index in [2.05, 4.69) is 12.2 Å². The van der Waals surface area contributed by atoms with Gasteiger partial charge in [-0.15, -0.1) is 0 Å². The Balaban J connectivity index is 2.24. The van der Waals surface area contributed by atoms with Crippen molar-refractivity contribution in [3.05, 3.63) is 31.5 Å². The topological polar surface area (TPSA) is 87.3 Å². The molecule has 0 aliphatic carbocycles. The summed E-state index contributed by atoms with van der Waals surface area (Å²) in [4.78, 5) is 35.5. The van der Waals surface area contributed by atoms with Crippen molar-refractivity contribution in [2.75, 3.05) is 19.9 Å². The summed E-state index contributed by atoms with van der Waals surface area (Å²) in [6.07, 6.45) is 5.94. The summed E-state index contributed by atoms with van der Waals surface area (Å²) in [7, 11) is 2.77. The van der Waals surface area contributed by atoms with Gasteiger partial charge in [0.1, 0.15) is 0 Å². The molecule has 24 heavy (non-hydrogen) atoms. The van der Waals surface area contributed by atoms with Crippen molar-refractivity contribution >= 4 is 0 Å². The first kappa shape index (κ1) is 20.4. The lowest BCUT2D eigenvalue weighted by molar-refractivity contribution is 0.114. The Morgan fingerprint density at radius 1 is 0.875 bits per heavy atom. The fourth-order valence-corrected chi connectivity index (χ4v) is 2.36. The zero-order chi connectivity index (χ0) is 17.9. The van der Waals surface area contributed by atoms with Crippen LogP contribution in [0.4, 0.5) is 0 Å². The highest BCUT2D eigenvalue weighted by Crippen LogP contribution is 1.99. The summed E-state index contributed by atoms with van der Waals surface area (Å²) in [6.45, 7) is 4.76. The van der Waals surface area contributed by atoms with Crippen LogP contribution in [0.2, 0.25) is 0 Å². The number of hydrogen-bond acceptors (Lipinski definition) is 5. The molecule has 0 bridgehead atoms. The fourth-order valence-electron chi connectivity index (χ4n) is 2.36. The Morgan fingerprint density at radius 2 is 1.50 bits per heavy atom. The minimum atomic E-state index is -0.589. The quantitative estimate of drug-likeness (QED) is 0.432. The zero-order valence-electron chi connectivity index (χ0n) is 15.0. The van der Waals surface area contributed by atoms with E-state index < -0.39 is 17.1 Å². The van der Waals surface area contributed by atoms with Gasteiger partial charge in [-0.05, 0) is 25.8 Å². The number of aromatic nitrogens is 3. The number of unbranched alkanes of at least 4 members (excludes halogenated alkanes) is 4. The molecular weight excluding hydrogens is 312 g/mol. The molecule has 1 heterocycles. The molecule has 8 heteroatoms. The second-order valence-corrected chi connectivity index (χ2v) is 5.94. The van der Waals surface area contributed by atoms with Gasteiger partial charge in [0, 0.05) is 27.2 Å². The number of rotatable bonds is 12. The van der Waals surface area contributed by atoms with Crippen molar-refractivity contribution in [2.24, 2.45) is 14.1 Å². The normalized spacial score (nSPS) is 11.1. The molecule has 1 rings (SSSR count). The minimum absolute atomic E-state index is 0.340. The summed E-state index contributed by atoms with van der Waals surface area (Å²) in [5.74, 6) is 0. The zero-order valence-corrected chi connectivity index (χ0v) is 15.0. The fraction of sp³-hybridized carbons (Fsp3) is 0.812. The largest absolute Gasteiger partial charge is 0.366 e. The molecule has 0 spiro atoms. The van der Waals surface area contributed by atoms with E-state index in [0.29, 0.717) is 13.3 Å². The number of ether oxygens (including phenoxy) is 1. The summed E-state index contributed by atoms with van der Waals surface area (Å²) in [6, 6.07) is 0. The van der Waals surface area contributed by atoms with Gasteiger partial charge in [-0.1, -0.05) is 26.2 Å². The standard InChI is InChI=1S/C16H30N4O4/c1-4-5-12-24-13-17-10-8-6-7-9-11-20-15(22)18(2)14(21)19(3)16(20)23/h17H,4-13H2,1-3H3. The van der Waals surface area contributed by atoms with Crippen LogP contribution in [0.1, 0.15) is 45.4 Å². The molecule has 0 amide bonds. The smallest absolute Gasteiger partial charge is 0.336 e. The molecule has 0 aliphatic rings. The third-order valence-electron chi connectivity index (χ3n) is 3.94. The van der Waals surface area contributed by atoms with Crippen LogP contribution >= 0.6 is 0 Å². The number of hydrogen-bond donors (Lipinski definition) is 1. The molecule has 0 unspecified atom stereocenters. The molecule has 138 valence electrons. The third kappa shape index (κ3) is 6.09. The van der Waals surface area contributed by atoms with Crippen LogP contribution in [-0.4, -0.2) is 33.6 Å². The van der Waals surface area contributed by atoms with Gasteiger partial charge in [0.15, 0.2) is 0 Å². The third-order valence-corrected chi connectivity index (χ3v) is 3.94. The van der Waals surface area contributed by atoms with Gasteiger partial charge in [-0.3, -0.25) is 5.32 Å². The SMILES string of the molecule is CCCCOCNCCCCCCn1c(=O)n(C)c(=O)n(C)c1=O. The molecule has 0 radical (unpaired) electrons. The van der Waals surface area contributed by atoms with Gasteiger partial charge >= 0.3 is 17.1 Å². The van der Waals surface area contributed by atoms with Gasteiger partial charge in [-0.25, -0.2) is 28.1 Å². The van der Waals surface area contributed by atoms with Crippen LogP contribution < -0.4 is 22.4 Å². The van der Waals surface area contributed by atoms with Gasteiger partial charge in [0.2, 0.25) is 0 Å². The molecule has 0 saturated heterocycles. The van der Waals surface area contributed by atoms with Crippen molar-refractivity contribution in [1.82, 2.24) is 19.0 Å². The molecule has 1 aromatic heterocycles. The van der Waals surface area contributed by atoms with Crippen molar-refractivity contribution in [2.45, 2.75) is 52.0 Å². The maximum Gasteiger partial charge on any atom is 0.336 e. The predicted octanol–water partition coefficient (Wildman–Crippen LogP) is 0.170. The van der Waals surface area contributed by atoms with E-state index in [1.807, 2.05) is 0 Å². The Kier molecular flexibility index (Phi) is 9.33. The molecule has 8 nitrogen and oxygen atoms in total. The van der Waals surface area contributed by atoms with Gasteiger partial charge < -0.3 is 4.74 Å².